The third-order valence-corrected chi connectivity index (χ3v) is 5.16. The van der Waals surface area contributed by atoms with Gasteiger partial charge in [-0.3, -0.25) is 9.69 Å². The summed E-state index contributed by atoms with van der Waals surface area (Å²) in [4.78, 5) is 38.1. The Balaban J connectivity index is 1.41. The molecule has 2 aromatic heterocycles. The SMILES string of the molecule is CN(C(=O)C1(NC(=O)Oc2cncnc2)CC1)c1ccc(Nc2ccccc2C(F)(F)F)cn1. The van der Waals surface area contributed by atoms with Crippen LogP contribution in [0.4, 0.5) is 35.2 Å². The van der Waals surface area contributed by atoms with Crippen molar-refractivity contribution in [3.05, 3.63) is 66.9 Å². The number of pyridine rings is 1. The number of likely N-dealkylation sites (N-methyl/N-ethyl adjacent to an activating group) is 1. The van der Waals surface area contributed by atoms with Crippen LogP contribution in [0.1, 0.15) is 18.4 Å². The number of hydrogen-bond acceptors (Lipinski definition) is 7. The third kappa shape index (κ3) is 5.05. The highest BCUT2D eigenvalue weighted by atomic mass is 19.4. The number of hydrogen-bond donors (Lipinski definition) is 2. The number of nitrogens with one attached hydrogen (secondary N) is 2. The van der Waals surface area contributed by atoms with Crippen LogP contribution in [0.5, 0.6) is 5.75 Å². The number of ether oxygens (including phenoxy) is 1. The number of carbonyl (C=O) groups is 2. The van der Waals surface area contributed by atoms with Gasteiger partial charge in [0.1, 0.15) is 17.7 Å². The van der Waals surface area contributed by atoms with Crippen molar-refractivity contribution in [2.24, 2.45) is 0 Å². The molecular weight excluding hydrogens is 453 g/mol. The zero-order valence-electron chi connectivity index (χ0n) is 17.8. The van der Waals surface area contributed by atoms with E-state index in [1.54, 1.807) is 0 Å². The molecule has 2 amide bonds. The van der Waals surface area contributed by atoms with E-state index in [4.69, 9.17) is 4.74 Å². The Morgan fingerprint density at radius 1 is 1.06 bits per heavy atom. The molecule has 9 nitrogen and oxygen atoms in total. The summed E-state index contributed by atoms with van der Waals surface area (Å²) in [5.74, 6) is -0.00426. The van der Waals surface area contributed by atoms with Crippen molar-refractivity contribution in [2.45, 2.75) is 24.6 Å². The minimum atomic E-state index is -4.51. The molecule has 1 saturated carbocycles. The summed E-state index contributed by atoms with van der Waals surface area (Å²) >= 11 is 0. The number of nitrogens with zero attached hydrogens (tertiary/aromatic N) is 4. The van der Waals surface area contributed by atoms with Gasteiger partial charge >= 0.3 is 12.3 Å². The summed E-state index contributed by atoms with van der Waals surface area (Å²) in [6.07, 6.45) is 0.750. The number of aromatic nitrogens is 3. The highest BCUT2D eigenvalue weighted by Crippen LogP contribution is 2.38. The molecule has 12 heteroatoms. The molecule has 0 radical (unpaired) electrons. The number of anilines is 3. The van der Waals surface area contributed by atoms with Crippen molar-refractivity contribution in [2.75, 3.05) is 17.3 Å². The van der Waals surface area contributed by atoms with E-state index in [-0.39, 0.29) is 17.3 Å². The molecule has 34 heavy (non-hydrogen) atoms. The summed E-state index contributed by atoms with van der Waals surface area (Å²) in [5, 5.41) is 5.27. The zero-order chi connectivity index (χ0) is 24.3. The van der Waals surface area contributed by atoms with Gasteiger partial charge in [0.2, 0.25) is 0 Å². The van der Waals surface area contributed by atoms with E-state index in [0.29, 0.717) is 18.5 Å². The number of carbonyl (C=O) groups excluding carboxylic acids is 2. The van der Waals surface area contributed by atoms with Crippen LogP contribution in [-0.2, 0) is 11.0 Å². The standard InChI is InChI=1S/C22H19F3N6O3/c1-31(19(32)21(8-9-21)30-20(33)34-15-11-26-13-27-12-15)18-7-6-14(10-28-18)29-17-5-3-2-4-16(17)22(23,24)25/h2-7,10-13,29H,8-9H2,1H3,(H,30,33). The largest absolute Gasteiger partial charge is 0.418 e. The van der Waals surface area contributed by atoms with E-state index >= 15 is 0 Å². The average molecular weight is 472 g/mol. The molecule has 3 aromatic rings. The molecule has 1 aliphatic carbocycles. The molecule has 1 aromatic carbocycles. The minimum absolute atomic E-state index is 0.113. The molecular formula is C22H19F3N6O3. The highest BCUT2D eigenvalue weighted by molar-refractivity contribution is 6.03. The van der Waals surface area contributed by atoms with Gasteiger partial charge in [0.25, 0.3) is 5.91 Å². The molecule has 2 heterocycles. The van der Waals surface area contributed by atoms with E-state index in [0.717, 1.165) is 6.07 Å². The van der Waals surface area contributed by atoms with Crippen molar-refractivity contribution >= 4 is 29.2 Å². The maximum Gasteiger partial charge on any atom is 0.418 e. The van der Waals surface area contributed by atoms with Gasteiger partial charge in [0.15, 0.2) is 5.75 Å². The van der Waals surface area contributed by atoms with Crippen molar-refractivity contribution < 1.29 is 27.5 Å². The topological polar surface area (TPSA) is 109 Å². The first-order valence-corrected chi connectivity index (χ1v) is 10.1. The monoisotopic (exact) mass is 472 g/mol. The van der Waals surface area contributed by atoms with E-state index in [9.17, 15) is 22.8 Å². The Kier molecular flexibility index (Phi) is 6.05. The number of rotatable bonds is 6. The van der Waals surface area contributed by atoms with Crippen LogP contribution in [0.3, 0.4) is 0 Å². The van der Waals surface area contributed by atoms with Gasteiger partial charge < -0.3 is 15.4 Å². The van der Waals surface area contributed by atoms with Crippen LogP contribution in [0.2, 0.25) is 0 Å². The lowest BCUT2D eigenvalue weighted by molar-refractivity contribution is -0.137. The van der Waals surface area contributed by atoms with Gasteiger partial charge in [-0.15, -0.1) is 0 Å². The molecule has 4 rings (SSSR count). The van der Waals surface area contributed by atoms with E-state index < -0.39 is 29.3 Å². The van der Waals surface area contributed by atoms with Crippen LogP contribution in [0, 0.1) is 0 Å². The molecule has 1 fully saturated rings. The molecule has 0 unspecified atom stereocenters. The zero-order valence-corrected chi connectivity index (χ0v) is 17.8. The summed E-state index contributed by atoms with van der Waals surface area (Å²) in [6.45, 7) is 0. The number of benzene rings is 1. The van der Waals surface area contributed by atoms with Gasteiger partial charge in [-0.05, 0) is 37.1 Å². The molecule has 0 aliphatic heterocycles. The molecule has 0 atom stereocenters. The second kappa shape index (κ2) is 8.96. The van der Waals surface area contributed by atoms with Gasteiger partial charge in [0, 0.05) is 7.05 Å². The van der Waals surface area contributed by atoms with Crippen molar-refractivity contribution in [3.63, 3.8) is 0 Å². The lowest BCUT2D eigenvalue weighted by Gasteiger charge is -2.23. The van der Waals surface area contributed by atoms with Crippen molar-refractivity contribution in [1.29, 1.82) is 0 Å². The summed E-state index contributed by atoms with van der Waals surface area (Å²) in [7, 11) is 1.49. The first-order chi connectivity index (χ1) is 16.2. The Hall–Kier alpha value is -4.22. The summed E-state index contributed by atoms with van der Waals surface area (Å²) in [6, 6.07) is 8.09. The maximum atomic E-state index is 13.2. The van der Waals surface area contributed by atoms with Crippen molar-refractivity contribution in [3.8, 4) is 5.75 Å². The fraction of sp³-hybridized carbons (Fsp3) is 0.227. The highest BCUT2D eigenvalue weighted by Gasteiger charge is 2.53. The number of halogens is 3. The van der Waals surface area contributed by atoms with Crippen molar-refractivity contribution in [1.82, 2.24) is 20.3 Å². The molecule has 2 N–H and O–H groups in total. The average Bonchev–Trinajstić information content (AvgIpc) is 3.59. The van der Waals surface area contributed by atoms with Crippen LogP contribution in [0.25, 0.3) is 0 Å². The molecule has 0 saturated heterocycles. The van der Waals surface area contributed by atoms with E-state index in [1.807, 2.05) is 0 Å². The van der Waals surface area contributed by atoms with Crippen LogP contribution < -0.4 is 20.3 Å². The van der Waals surface area contributed by atoms with Crippen LogP contribution in [-0.4, -0.2) is 39.5 Å². The second-order valence-electron chi connectivity index (χ2n) is 7.61. The summed E-state index contributed by atoms with van der Waals surface area (Å²) in [5.41, 5.74) is -1.72. The molecule has 0 bridgehead atoms. The van der Waals surface area contributed by atoms with Gasteiger partial charge in [-0.2, -0.15) is 13.2 Å². The maximum absolute atomic E-state index is 13.2. The number of para-hydroxylation sites is 1. The lowest BCUT2D eigenvalue weighted by Crippen LogP contribution is -2.50. The lowest BCUT2D eigenvalue weighted by atomic mass is 10.1. The fourth-order valence-electron chi connectivity index (χ4n) is 3.26. The molecule has 0 spiro atoms. The quantitative estimate of drug-likeness (QED) is 0.560. The fourth-order valence-corrected chi connectivity index (χ4v) is 3.26. The first kappa shape index (κ1) is 23.0. The second-order valence-corrected chi connectivity index (χ2v) is 7.61. The minimum Gasteiger partial charge on any atom is -0.407 e. The van der Waals surface area contributed by atoms with Gasteiger partial charge in [-0.1, -0.05) is 12.1 Å². The third-order valence-electron chi connectivity index (χ3n) is 5.16. The van der Waals surface area contributed by atoms with E-state index in [2.05, 4.69) is 25.6 Å². The Morgan fingerprint density at radius 3 is 2.38 bits per heavy atom. The number of amides is 2. The Bertz CT molecular complexity index is 1180. The van der Waals surface area contributed by atoms with Gasteiger partial charge in [0.05, 0.1) is 35.5 Å². The number of alkyl halides is 3. The van der Waals surface area contributed by atoms with Crippen LogP contribution >= 0.6 is 0 Å². The predicted octanol–water partition coefficient (Wildman–Crippen LogP) is 3.92. The van der Waals surface area contributed by atoms with Crippen LogP contribution in [0.15, 0.2) is 61.3 Å². The summed E-state index contributed by atoms with van der Waals surface area (Å²) < 4.78 is 44.7. The van der Waals surface area contributed by atoms with Gasteiger partial charge in [-0.25, -0.2) is 19.7 Å². The Labute approximate surface area is 192 Å². The normalized spacial score (nSPS) is 14.1. The first-order valence-electron chi connectivity index (χ1n) is 10.1. The molecule has 176 valence electrons. The van der Waals surface area contributed by atoms with E-state index in [1.165, 1.54) is 67.2 Å². The smallest absolute Gasteiger partial charge is 0.407 e. The molecule has 1 aliphatic rings. The Morgan fingerprint density at radius 2 is 1.76 bits per heavy atom. The predicted molar refractivity (Wildman–Crippen MR) is 116 cm³/mol.